The number of hydrogen-bond donors (Lipinski definition) is 2. The second-order valence-electron chi connectivity index (χ2n) is 5.59. The highest BCUT2D eigenvalue weighted by Crippen LogP contribution is 2.16. The number of benzene rings is 1. The number of carbonyl (C=O) groups excluding carboxylic acids is 2. The van der Waals surface area contributed by atoms with Crippen molar-refractivity contribution in [1.82, 2.24) is 4.98 Å². The van der Waals surface area contributed by atoms with E-state index in [9.17, 15) is 14.4 Å². The highest BCUT2D eigenvalue weighted by atomic mass is 16.6. The van der Waals surface area contributed by atoms with Gasteiger partial charge in [-0.05, 0) is 44.2 Å². The first-order valence-electron chi connectivity index (χ1n) is 8.40. The van der Waals surface area contributed by atoms with Crippen LogP contribution in [0.25, 0.3) is 0 Å². The molecule has 0 aliphatic heterocycles. The molecular formula is C19H22N2O6. The van der Waals surface area contributed by atoms with E-state index in [1.54, 1.807) is 31.2 Å². The minimum atomic E-state index is -0.643. The smallest absolute Gasteiger partial charge is 0.340 e. The molecule has 1 aromatic heterocycles. The number of pyridine rings is 1. The lowest BCUT2D eigenvalue weighted by molar-refractivity contribution is 0.0386. The molecule has 0 radical (unpaired) electrons. The van der Waals surface area contributed by atoms with Crippen molar-refractivity contribution < 1.29 is 23.8 Å². The number of aromatic amines is 1. The standard InChI is InChI=1S/C19H22N2O6/c1-4-26-14-7-5-13(6-8-14)21-18(23)16-11-15(12(2)20-17(16)22)19(24)27-10-9-25-3/h5-8,11H,4,9-10H2,1-3H3,(H,20,22)(H,21,23). The SMILES string of the molecule is CCOc1ccc(NC(=O)c2cc(C(=O)OCCOC)c(C)[nH]c2=O)cc1. The van der Waals surface area contributed by atoms with Crippen LogP contribution in [-0.2, 0) is 9.47 Å². The van der Waals surface area contributed by atoms with Crippen LogP contribution in [0.2, 0.25) is 0 Å². The van der Waals surface area contributed by atoms with Crippen molar-refractivity contribution in [2.45, 2.75) is 13.8 Å². The van der Waals surface area contributed by atoms with Crippen LogP contribution in [0.5, 0.6) is 5.75 Å². The number of amides is 1. The van der Waals surface area contributed by atoms with Gasteiger partial charge in [0.1, 0.15) is 17.9 Å². The van der Waals surface area contributed by atoms with Gasteiger partial charge in [0, 0.05) is 18.5 Å². The van der Waals surface area contributed by atoms with Crippen LogP contribution >= 0.6 is 0 Å². The van der Waals surface area contributed by atoms with E-state index in [1.807, 2.05) is 6.92 Å². The average Bonchev–Trinajstić information content (AvgIpc) is 2.63. The Bertz CT molecular complexity index is 857. The van der Waals surface area contributed by atoms with Crippen molar-refractivity contribution >= 4 is 17.6 Å². The number of rotatable bonds is 8. The molecule has 0 aliphatic rings. The summed E-state index contributed by atoms with van der Waals surface area (Å²) in [6, 6.07) is 7.96. The Morgan fingerprint density at radius 1 is 1.11 bits per heavy atom. The zero-order valence-corrected chi connectivity index (χ0v) is 15.5. The highest BCUT2D eigenvalue weighted by molar-refractivity contribution is 6.05. The lowest BCUT2D eigenvalue weighted by Gasteiger charge is -2.10. The summed E-state index contributed by atoms with van der Waals surface area (Å²) in [6.07, 6.45) is 0. The number of nitrogens with one attached hydrogen (secondary N) is 2. The number of aryl methyl sites for hydroxylation is 1. The maximum Gasteiger partial charge on any atom is 0.340 e. The second-order valence-corrected chi connectivity index (χ2v) is 5.59. The lowest BCUT2D eigenvalue weighted by Crippen LogP contribution is -2.26. The molecule has 2 rings (SSSR count). The van der Waals surface area contributed by atoms with E-state index in [-0.39, 0.29) is 24.3 Å². The summed E-state index contributed by atoms with van der Waals surface area (Å²) in [5.74, 6) is -0.605. The van der Waals surface area contributed by atoms with Crippen molar-refractivity contribution in [3.63, 3.8) is 0 Å². The van der Waals surface area contributed by atoms with Gasteiger partial charge in [-0.1, -0.05) is 0 Å². The lowest BCUT2D eigenvalue weighted by atomic mass is 10.1. The fraction of sp³-hybridized carbons (Fsp3) is 0.316. The van der Waals surface area contributed by atoms with Crippen molar-refractivity contribution in [3.05, 3.63) is 57.5 Å². The highest BCUT2D eigenvalue weighted by Gasteiger charge is 2.18. The number of ether oxygens (including phenoxy) is 3. The largest absolute Gasteiger partial charge is 0.494 e. The fourth-order valence-electron chi connectivity index (χ4n) is 2.30. The van der Waals surface area contributed by atoms with E-state index in [4.69, 9.17) is 14.2 Å². The number of methoxy groups -OCH3 is 1. The third kappa shape index (κ3) is 5.42. The Balaban J connectivity index is 2.18. The molecule has 1 aromatic carbocycles. The average molecular weight is 374 g/mol. The Labute approximate surface area is 156 Å². The van der Waals surface area contributed by atoms with Crippen LogP contribution in [0.3, 0.4) is 0 Å². The molecule has 0 bridgehead atoms. The van der Waals surface area contributed by atoms with Gasteiger partial charge in [0.15, 0.2) is 0 Å². The van der Waals surface area contributed by atoms with Gasteiger partial charge < -0.3 is 24.5 Å². The van der Waals surface area contributed by atoms with Crippen molar-refractivity contribution in [2.24, 2.45) is 0 Å². The first-order valence-corrected chi connectivity index (χ1v) is 8.40. The summed E-state index contributed by atoms with van der Waals surface area (Å²) in [4.78, 5) is 39.2. The maximum atomic E-state index is 12.5. The van der Waals surface area contributed by atoms with Gasteiger partial charge in [-0.15, -0.1) is 0 Å². The molecule has 27 heavy (non-hydrogen) atoms. The summed E-state index contributed by atoms with van der Waals surface area (Å²) in [7, 11) is 1.49. The predicted molar refractivity (Wildman–Crippen MR) is 99.5 cm³/mol. The Morgan fingerprint density at radius 3 is 2.44 bits per heavy atom. The summed E-state index contributed by atoms with van der Waals surface area (Å²) in [5, 5.41) is 2.62. The molecule has 144 valence electrons. The molecule has 0 atom stereocenters. The Hall–Kier alpha value is -3.13. The normalized spacial score (nSPS) is 10.3. The van der Waals surface area contributed by atoms with Gasteiger partial charge in [0.05, 0.1) is 18.8 Å². The first kappa shape index (κ1) is 20.2. The zero-order valence-electron chi connectivity index (χ0n) is 15.5. The maximum absolute atomic E-state index is 12.5. The second kappa shape index (κ2) is 9.54. The van der Waals surface area contributed by atoms with E-state index >= 15 is 0 Å². The minimum Gasteiger partial charge on any atom is -0.494 e. The minimum absolute atomic E-state index is 0.0710. The quantitative estimate of drug-likeness (QED) is 0.542. The topological polar surface area (TPSA) is 107 Å². The number of H-pyrrole nitrogens is 1. The van der Waals surface area contributed by atoms with Crippen LogP contribution < -0.4 is 15.6 Å². The fourth-order valence-corrected chi connectivity index (χ4v) is 2.30. The van der Waals surface area contributed by atoms with Crippen LogP contribution in [0.4, 0.5) is 5.69 Å². The number of esters is 1. The third-order valence-electron chi connectivity index (χ3n) is 3.65. The van der Waals surface area contributed by atoms with E-state index < -0.39 is 17.4 Å². The molecule has 0 saturated carbocycles. The first-order chi connectivity index (χ1) is 13.0. The van der Waals surface area contributed by atoms with Crippen LogP contribution in [-0.4, -0.2) is 43.8 Å². The van der Waals surface area contributed by atoms with Gasteiger partial charge >= 0.3 is 5.97 Å². The van der Waals surface area contributed by atoms with Gasteiger partial charge in [0.2, 0.25) is 0 Å². The molecule has 0 spiro atoms. The molecule has 8 nitrogen and oxygen atoms in total. The van der Waals surface area contributed by atoms with Gasteiger partial charge in [0.25, 0.3) is 11.5 Å². The van der Waals surface area contributed by atoms with Gasteiger partial charge in [-0.3, -0.25) is 9.59 Å². The molecule has 1 amide bonds. The molecule has 0 aliphatic carbocycles. The molecule has 0 fully saturated rings. The number of anilines is 1. The van der Waals surface area contributed by atoms with Crippen molar-refractivity contribution in [1.29, 1.82) is 0 Å². The van der Waals surface area contributed by atoms with Gasteiger partial charge in [-0.25, -0.2) is 4.79 Å². The molecule has 1 heterocycles. The van der Waals surface area contributed by atoms with Crippen molar-refractivity contribution in [3.8, 4) is 5.75 Å². The number of hydrogen-bond acceptors (Lipinski definition) is 6. The van der Waals surface area contributed by atoms with Gasteiger partial charge in [-0.2, -0.15) is 0 Å². The third-order valence-corrected chi connectivity index (χ3v) is 3.65. The Kier molecular flexibility index (Phi) is 7.13. The van der Waals surface area contributed by atoms with E-state index in [0.29, 0.717) is 23.7 Å². The number of carbonyl (C=O) groups is 2. The molecule has 2 aromatic rings. The zero-order chi connectivity index (χ0) is 19.8. The van der Waals surface area contributed by atoms with Crippen LogP contribution in [0, 0.1) is 6.92 Å². The van der Waals surface area contributed by atoms with E-state index in [0.717, 1.165) is 0 Å². The number of aromatic nitrogens is 1. The molecule has 2 N–H and O–H groups in total. The summed E-state index contributed by atoms with van der Waals surface area (Å²) in [6.45, 7) is 4.29. The summed E-state index contributed by atoms with van der Waals surface area (Å²) in [5.41, 5.74) is 0.146. The predicted octanol–water partition coefficient (Wildman–Crippen LogP) is 2.14. The summed E-state index contributed by atoms with van der Waals surface area (Å²) < 4.78 is 15.2. The Morgan fingerprint density at radius 2 is 1.81 bits per heavy atom. The van der Waals surface area contributed by atoms with Crippen LogP contribution in [0.1, 0.15) is 33.3 Å². The molecule has 8 heteroatoms. The molecule has 0 saturated heterocycles. The van der Waals surface area contributed by atoms with E-state index in [1.165, 1.54) is 13.2 Å². The summed E-state index contributed by atoms with van der Waals surface area (Å²) >= 11 is 0. The molecular weight excluding hydrogens is 352 g/mol. The monoisotopic (exact) mass is 374 g/mol. The van der Waals surface area contributed by atoms with E-state index in [2.05, 4.69) is 10.3 Å². The molecule has 0 unspecified atom stereocenters. The van der Waals surface area contributed by atoms with Crippen molar-refractivity contribution in [2.75, 3.05) is 32.2 Å². The van der Waals surface area contributed by atoms with Crippen LogP contribution in [0.15, 0.2) is 35.1 Å².